The lowest BCUT2D eigenvalue weighted by Gasteiger charge is -2.36. The van der Waals surface area contributed by atoms with Crippen molar-refractivity contribution in [1.29, 1.82) is 0 Å². The summed E-state index contributed by atoms with van der Waals surface area (Å²) in [5, 5.41) is 11.2. The van der Waals surface area contributed by atoms with Crippen LogP contribution in [0.25, 0.3) is 11.0 Å². The highest BCUT2D eigenvalue weighted by atomic mass is 32.2. The average Bonchev–Trinajstić information content (AvgIpc) is 3.04. The van der Waals surface area contributed by atoms with Crippen LogP contribution < -0.4 is 0 Å². The molecular weight excluding hydrogens is 384 g/mol. The normalized spacial score (nSPS) is 18.8. The van der Waals surface area contributed by atoms with Crippen molar-refractivity contribution < 1.29 is 18.7 Å². The number of H-pyrrole nitrogens is 1. The molecule has 1 saturated heterocycles. The second-order valence-electron chi connectivity index (χ2n) is 7.84. The summed E-state index contributed by atoms with van der Waals surface area (Å²) in [5.41, 5.74) is 0.328. The quantitative estimate of drug-likeness (QED) is 0.612. The topological polar surface area (TPSA) is 118 Å². The fraction of sp³-hybridized carbons (Fsp3) is 0.556. The number of aromatic amines is 1. The van der Waals surface area contributed by atoms with Crippen LogP contribution in [0.4, 0.5) is 10.5 Å². The summed E-state index contributed by atoms with van der Waals surface area (Å²) in [6.45, 7) is 6.02. The number of carbonyl (C=O) groups excluding carboxylic acids is 1. The van der Waals surface area contributed by atoms with Crippen LogP contribution in [0.3, 0.4) is 0 Å². The number of amides is 1. The lowest BCUT2D eigenvalue weighted by molar-refractivity contribution is -0.384. The van der Waals surface area contributed by atoms with E-state index in [2.05, 4.69) is 9.97 Å². The highest BCUT2D eigenvalue weighted by molar-refractivity contribution is 7.84. The van der Waals surface area contributed by atoms with Crippen LogP contribution in [-0.4, -0.2) is 54.0 Å². The van der Waals surface area contributed by atoms with Crippen molar-refractivity contribution in [2.75, 3.05) is 12.3 Å². The van der Waals surface area contributed by atoms with Gasteiger partial charge in [-0.3, -0.25) is 14.3 Å². The van der Waals surface area contributed by atoms with E-state index in [0.717, 1.165) is 19.3 Å². The molecule has 1 aliphatic rings. The minimum Gasteiger partial charge on any atom is -0.444 e. The van der Waals surface area contributed by atoms with Crippen LogP contribution in [0.5, 0.6) is 0 Å². The number of likely N-dealkylation sites (tertiary alicyclic amines) is 1. The second-order valence-corrected chi connectivity index (χ2v) is 9.25. The Hall–Kier alpha value is -2.49. The van der Waals surface area contributed by atoms with E-state index in [9.17, 15) is 19.1 Å². The Labute approximate surface area is 165 Å². The predicted molar refractivity (Wildman–Crippen MR) is 105 cm³/mol. The van der Waals surface area contributed by atoms with Crippen LogP contribution in [0.15, 0.2) is 23.4 Å². The maximum Gasteiger partial charge on any atom is 0.410 e. The molecule has 152 valence electrons. The number of non-ortho nitro benzene ring substituents is 1. The Morgan fingerprint density at radius 1 is 1.43 bits per heavy atom. The standard InChI is InChI=1S/C18H24N4O5S/c1-18(2,3)27-17(23)21-9-5-4-6-13(21)11-28(26)16-19-14-8-7-12(22(24)25)10-15(14)20-16/h7-8,10,13H,4-6,9,11H2,1-3H3,(H,19,20)/t13-,28-/m0/s1. The fourth-order valence-corrected chi connectivity index (χ4v) is 4.46. The Bertz CT molecular complexity index is 920. The Balaban J connectivity index is 1.75. The summed E-state index contributed by atoms with van der Waals surface area (Å²) in [6, 6.07) is 4.06. The minimum absolute atomic E-state index is 0.0585. The number of fused-ring (bicyclic) bond motifs is 1. The van der Waals surface area contributed by atoms with Gasteiger partial charge in [-0.25, -0.2) is 9.78 Å². The van der Waals surface area contributed by atoms with E-state index in [1.807, 2.05) is 20.8 Å². The number of nitro groups is 1. The number of nitro benzene ring substituents is 1. The molecule has 2 aromatic rings. The van der Waals surface area contributed by atoms with Gasteiger partial charge in [-0.15, -0.1) is 0 Å². The molecule has 0 aliphatic carbocycles. The first-order chi connectivity index (χ1) is 13.1. The Kier molecular flexibility index (Phi) is 5.69. The summed E-state index contributed by atoms with van der Waals surface area (Å²) >= 11 is 0. The number of hydrogen-bond donors (Lipinski definition) is 1. The van der Waals surface area contributed by atoms with E-state index in [4.69, 9.17) is 4.74 Å². The van der Waals surface area contributed by atoms with Gasteiger partial charge >= 0.3 is 6.09 Å². The van der Waals surface area contributed by atoms with Gasteiger partial charge in [-0.1, -0.05) is 0 Å². The van der Waals surface area contributed by atoms with Crippen LogP contribution in [0, 0.1) is 10.1 Å². The number of piperidine rings is 1. The van der Waals surface area contributed by atoms with E-state index >= 15 is 0 Å². The third-order valence-electron chi connectivity index (χ3n) is 4.47. The molecule has 1 aliphatic heterocycles. The molecule has 1 amide bonds. The summed E-state index contributed by atoms with van der Waals surface area (Å²) in [6.07, 6.45) is 2.19. The molecule has 0 spiro atoms. The summed E-state index contributed by atoms with van der Waals surface area (Å²) in [4.78, 5) is 31.8. The molecule has 1 fully saturated rings. The monoisotopic (exact) mass is 408 g/mol. The van der Waals surface area contributed by atoms with Gasteiger partial charge in [0.05, 0.1) is 32.5 Å². The molecule has 1 aromatic heterocycles. The lowest BCUT2D eigenvalue weighted by Crippen LogP contribution is -2.48. The van der Waals surface area contributed by atoms with Crippen LogP contribution in [0.1, 0.15) is 40.0 Å². The first-order valence-corrected chi connectivity index (χ1v) is 10.5. The molecule has 28 heavy (non-hydrogen) atoms. The Morgan fingerprint density at radius 2 is 2.18 bits per heavy atom. The average molecular weight is 408 g/mol. The molecule has 1 N–H and O–H groups in total. The third kappa shape index (κ3) is 4.67. The van der Waals surface area contributed by atoms with Gasteiger partial charge < -0.3 is 14.6 Å². The molecule has 10 heteroatoms. The zero-order chi connectivity index (χ0) is 20.5. The van der Waals surface area contributed by atoms with Crippen molar-refractivity contribution in [3.8, 4) is 0 Å². The van der Waals surface area contributed by atoms with Gasteiger partial charge in [0.1, 0.15) is 5.60 Å². The van der Waals surface area contributed by atoms with Gasteiger partial charge in [0.25, 0.3) is 5.69 Å². The van der Waals surface area contributed by atoms with Crippen molar-refractivity contribution in [3.05, 3.63) is 28.3 Å². The van der Waals surface area contributed by atoms with Gasteiger partial charge in [0.15, 0.2) is 5.16 Å². The number of hydrogen-bond acceptors (Lipinski definition) is 6. The van der Waals surface area contributed by atoms with Crippen molar-refractivity contribution in [1.82, 2.24) is 14.9 Å². The molecule has 2 atom stereocenters. The molecule has 0 saturated carbocycles. The van der Waals surface area contributed by atoms with Crippen LogP contribution in [0.2, 0.25) is 0 Å². The number of benzene rings is 1. The highest BCUT2D eigenvalue weighted by Crippen LogP contribution is 2.24. The van der Waals surface area contributed by atoms with E-state index in [0.29, 0.717) is 17.6 Å². The summed E-state index contributed by atoms with van der Waals surface area (Å²) in [7, 11) is -1.48. The first-order valence-electron chi connectivity index (χ1n) is 9.16. The number of nitrogens with one attached hydrogen (secondary N) is 1. The molecule has 9 nitrogen and oxygen atoms in total. The maximum atomic E-state index is 12.9. The van der Waals surface area contributed by atoms with E-state index in [1.165, 1.54) is 18.2 Å². The van der Waals surface area contributed by atoms with E-state index in [1.54, 1.807) is 4.90 Å². The van der Waals surface area contributed by atoms with Crippen molar-refractivity contribution in [3.63, 3.8) is 0 Å². The Morgan fingerprint density at radius 3 is 2.86 bits per heavy atom. The summed E-state index contributed by atoms with van der Waals surface area (Å²) in [5.74, 6) is 0.237. The predicted octanol–water partition coefficient (Wildman–Crippen LogP) is 3.37. The molecule has 2 heterocycles. The van der Waals surface area contributed by atoms with Crippen molar-refractivity contribution in [2.24, 2.45) is 0 Å². The maximum absolute atomic E-state index is 12.9. The van der Waals surface area contributed by atoms with Gasteiger partial charge in [-0.2, -0.15) is 0 Å². The number of rotatable bonds is 4. The third-order valence-corrected chi connectivity index (χ3v) is 5.78. The van der Waals surface area contributed by atoms with E-state index in [-0.39, 0.29) is 22.6 Å². The van der Waals surface area contributed by atoms with E-state index < -0.39 is 27.4 Å². The zero-order valence-electron chi connectivity index (χ0n) is 16.1. The lowest BCUT2D eigenvalue weighted by atomic mass is 10.0. The summed E-state index contributed by atoms with van der Waals surface area (Å²) < 4.78 is 18.3. The molecule has 0 unspecified atom stereocenters. The van der Waals surface area contributed by atoms with Crippen molar-refractivity contribution >= 4 is 33.6 Å². The van der Waals surface area contributed by atoms with Gasteiger partial charge in [-0.05, 0) is 46.1 Å². The zero-order valence-corrected chi connectivity index (χ0v) is 17.0. The number of aromatic nitrogens is 2. The molecule has 1 aromatic carbocycles. The largest absolute Gasteiger partial charge is 0.444 e. The van der Waals surface area contributed by atoms with Crippen LogP contribution in [-0.2, 0) is 15.5 Å². The number of carbonyl (C=O) groups is 1. The molecule has 3 rings (SSSR count). The van der Waals surface area contributed by atoms with Crippen molar-refractivity contribution in [2.45, 2.75) is 56.8 Å². The smallest absolute Gasteiger partial charge is 0.410 e. The number of imidazole rings is 1. The molecular formula is C18H24N4O5S. The minimum atomic E-state index is -1.48. The van der Waals surface area contributed by atoms with Gasteiger partial charge in [0, 0.05) is 24.7 Å². The molecule has 0 radical (unpaired) electrons. The van der Waals surface area contributed by atoms with Gasteiger partial charge in [0.2, 0.25) is 0 Å². The SMILES string of the molecule is CC(C)(C)OC(=O)N1CCCC[C@H]1C[S@](=O)c1nc2ccc([N+](=O)[O-])cc2[nH]1. The highest BCUT2D eigenvalue weighted by Gasteiger charge is 2.32. The van der Waals surface area contributed by atoms with Crippen LogP contribution >= 0.6 is 0 Å². The number of nitrogens with zero attached hydrogens (tertiary/aromatic N) is 3. The number of ether oxygens (including phenoxy) is 1. The molecule has 0 bridgehead atoms. The fourth-order valence-electron chi connectivity index (χ4n) is 3.18. The second kappa shape index (κ2) is 7.86. The first kappa shape index (κ1) is 20.2.